The van der Waals surface area contributed by atoms with Gasteiger partial charge in [-0.25, -0.2) is 0 Å². The summed E-state index contributed by atoms with van der Waals surface area (Å²) in [5.41, 5.74) is 6.04. The van der Waals surface area contributed by atoms with E-state index in [1.807, 2.05) is 88.9 Å². The summed E-state index contributed by atoms with van der Waals surface area (Å²) in [6, 6.07) is 23.3. The lowest BCUT2D eigenvalue weighted by molar-refractivity contribution is 0.414. The maximum Gasteiger partial charge on any atom is 0.118 e. The standard InChI is InChI=1S/C30H32N4O2/c1-33(2)29-24(27(31)20-7-13-22(35-5)14-8-20)17-11-19-12-18-25(30(26(19)29)34(3)4)28(32)21-9-15-23(36-6)16-10-21/h7-18,31-32H,1-6H3. The Morgan fingerprint density at radius 3 is 1.22 bits per heavy atom. The molecule has 0 saturated carbocycles. The van der Waals surface area contributed by atoms with Crippen LogP contribution in [0.1, 0.15) is 22.3 Å². The van der Waals surface area contributed by atoms with Crippen molar-refractivity contribution in [1.82, 2.24) is 0 Å². The normalized spacial score (nSPS) is 10.7. The minimum atomic E-state index is 0.434. The first-order valence-corrected chi connectivity index (χ1v) is 11.7. The van der Waals surface area contributed by atoms with Crippen LogP contribution in [-0.4, -0.2) is 53.8 Å². The van der Waals surface area contributed by atoms with Crippen LogP contribution in [-0.2, 0) is 0 Å². The van der Waals surface area contributed by atoms with Crippen molar-refractivity contribution in [2.24, 2.45) is 0 Å². The van der Waals surface area contributed by atoms with Gasteiger partial charge < -0.3 is 19.3 Å². The molecule has 0 bridgehead atoms. The summed E-state index contributed by atoms with van der Waals surface area (Å²) in [5, 5.41) is 20.2. The van der Waals surface area contributed by atoms with Gasteiger partial charge in [0.05, 0.1) is 37.0 Å². The lowest BCUT2D eigenvalue weighted by atomic mass is 9.91. The molecular weight excluding hydrogens is 448 g/mol. The molecule has 36 heavy (non-hydrogen) atoms. The molecule has 0 atom stereocenters. The Bertz CT molecular complexity index is 1320. The van der Waals surface area contributed by atoms with Gasteiger partial charge in [0.2, 0.25) is 0 Å². The quantitative estimate of drug-likeness (QED) is 0.312. The topological polar surface area (TPSA) is 72.6 Å². The highest BCUT2D eigenvalue weighted by Crippen LogP contribution is 2.40. The van der Waals surface area contributed by atoms with Crippen LogP contribution in [0.2, 0.25) is 0 Å². The minimum Gasteiger partial charge on any atom is -0.497 e. The summed E-state index contributed by atoms with van der Waals surface area (Å²) >= 11 is 0. The number of nitrogens with one attached hydrogen (secondary N) is 2. The molecule has 0 saturated heterocycles. The fraction of sp³-hybridized carbons (Fsp3) is 0.200. The van der Waals surface area contributed by atoms with E-state index in [0.29, 0.717) is 11.4 Å². The van der Waals surface area contributed by atoms with E-state index in [-0.39, 0.29) is 0 Å². The number of benzene rings is 4. The van der Waals surface area contributed by atoms with Crippen LogP contribution >= 0.6 is 0 Å². The third kappa shape index (κ3) is 4.50. The second kappa shape index (κ2) is 10.1. The molecule has 4 rings (SSSR count). The molecule has 0 radical (unpaired) electrons. The maximum atomic E-state index is 9.06. The van der Waals surface area contributed by atoms with Crippen molar-refractivity contribution in [2.75, 3.05) is 52.2 Å². The van der Waals surface area contributed by atoms with Crippen molar-refractivity contribution in [3.05, 3.63) is 95.1 Å². The number of fused-ring (bicyclic) bond motifs is 1. The number of anilines is 2. The molecule has 0 heterocycles. The Morgan fingerprint density at radius 2 is 0.917 bits per heavy atom. The number of rotatable bonds is 8. The van der Waals surface area contributed by atoms with Crippen LogP contribution in [0.5, 0.6) is 11.5 Å². The Balaban J connectivity index is 1.94. The predicted molar refractivity (Wildman–Crippen MR) is 150 cm³/mol. The zero-order valence-electron chi connectivity index (χ0n) is 21.6. The second-order valence-electron chi connectivity index (χ2n) is 9.02. The van der Waals surface area contributed by atoms with E-state index in [4.69, 9.17) is 20.3 Å². The van der Waals surface area contributed by atoms with Gasteiger partial charge in [-0.15, -0.1) is 0 Å². The molecule has 0 fully saturated rings. The van der Waals surface area contributed by atoms with Gasteiger partial charge in [0.1, 0.15) is 11.5 Å². The van der Waals surface area contributed by atoms with Crippen molar-refractivity contribution in [1.29, 1.82) is 10.8 Å². The molecule has 184 valence electrons. The van der Waals surface area contributed by atoms with E-state index in [1.165, 1.54) is 0 Å². The molecule has 0 spiro atoms. The van der Waals surface area contributed by atoms with Crippen molar-refractivity contribution in [3.63, 3.8) is 0 Å². The molecule has 2 N–H and O–H groups in total. The van der Waals surface area contributed by atoms with Crippen molar-refractivity contribution in [3.8, 4) is 11.5 Å². The first kappa shape index (κ1) is 24.8. The highest BCUT2D eigenvalue weighted by molar-refractivity contribution is 6.23. The predicted octanol–water partition coefficient (Wildman–Crippen LogP) is 5.82. The van der Waals surface area contributed by atoms with Gasteiger partial charge in [-0.05, 0) is 53.9 Å². The Hall–Kier alpha value is -4.32. The zero-order chi connectivity index (χ0) is 26.0. The van der Waals surface area contributed by atoms with E-state index in [9.17, 15) is 0 Å². The average molecular weight is 481 g/mol. The smallest absolute Gasteiger partial charge is 0.118 e. The SMILES string of the molecule is COc1ccc(C(=N)c2ccc3ccc(C(=N)c4ccc(OC)cc4)c(N(C)C)c3c2N(C)C)cc1. The van der Waals surface area contributed by atoms with Gasteiger partial charge in [-0.1, -0.05) is 24.3 Å². The molecule has 0 aromatic heterocycles. The zero-order valence-corrected chi connectivity index (χ0v) is 21.6. The van der Waals surface area contributed by atoms with E-state index >= 15 is 0 Å². The van der Waals surface area contributed by atoms with Crippen LogP contribution < -0.4 is 19.3 Å². The molecular formula is C30H32N4O2. The van der Waals surface area contributed by atoms with Gasteiger partial charge >= 0.3 is 0 Å². The average Bonchev–Trinajstić information content (AvgIpc) is 2.90. The van der Waals surface area contributed by atoms with Gasteiger partial charge in [0.25, 0.3) is 0 Å². The summed E-state index contributed by atoms with van der Waals surface area (Å²) in [4.78, 5) is 4.12. The molecule has 0 aliphatic carbocycles. The number of hydrogen-bond donors (Lipinski definition) is 2. The molecule has 0 aliphatic rings. The van der Waals surface area contributed by atoms with E-state index < -0.39 is 0 Å². The number of methoxy groups -OCH3 is 2. The molecule has 4 aromatic carbocycles. The molecule has 6 nitrogen and oxygen atoms in total. The van der Waals surface area contributed by atoms with Gasteiger partial charge in [-0.2, -0.15) is 0 Å². The minimum absolute atomic E-state index is 0.434. The van der Waals surface area contributed by atoms with Crippen LogP contribution in [0.3, 0.4) is 0 Å². The Labute approximate surface area is 212 Å². The van der Waals surface area contributed by atoms with E-state index in [2.05, 4.69) is 21.9 Å². The van der Waals surface area contributed by atoms with Crippen molar-refractivity contribution < 1.29 is 9.47 Å². The number of hydrogen-bond acceptors (Lipinski definition) is 6. The molecule has 4 aromatic rings. The Kier molecular flexibility index (Phi) is 6.97. The number of ether oxygens (including phenoxy) is 2. The first-order chi connectivity index (χ1) is 17.3. The lowest BCUT2D eigenvalue weighted by Gasteiger charge is -2.27. The summed E-state index contributed by atoms with van der Waals surface area (Å²) in [6.07, 6.45) is 0. The van der Waals surface area contributed by atoms with Gasteiger partial charge in [0.15, 0.2) is 0 Å². The summed E-state index contributed by atoms with van der Waals surface area (Å²) in [5.74, 6) is 1.52. The van der Waals surface area contributed by atoms with Crippen molar-refractivity contribution in [2.45, 2.75) is 0 Å². The molecule has 0 aliphatic heterocycles. The van der Waals surface area contributed by atoms with Crippen LogP contribution in [0.15, 0.2) is 72.8 Å². The molecule has 6 heteroatoms. The van der Waals surface area contributed by atoms with Gasteiger partial charge in [-0.3, -0.25) is 10.8 Å². The maximum absolute atomic E-state index is 9.06. The summed E-state index contributed by atoms with van der Waals surface area (Å²) in [6.45, 7) is 0. The van der Waals surface area contributed by atoms with Crippen LogP contribution in [0.4, 0.5) is 11.4 Å². The van der Waals surface area contributed by atoms with E-state index in [1.54, 1.807) is 14.2 Å². The van der Waals surface area contributed by atoms with Crippen LogP contribution in [0, 0.1) is 10.8 Å². The first-order valence-electron chi connectivity index (χ1n) is 11.7. The lowest BCUT2D eigenvalue weighted by Crippen LogP contribution is -2.19. The van der Waals surface area contributed by atoms with Gasteiger partial charge in [0, 0.05) is 55.8 Å². The summed E-state index contributed by atoms with van der Waals surface area (Å²) < 4.78 is 10.6. The fourth-order valence-electron chi connectivity index (χ4n) is 4.54. The fourth-order valence-corrected chi connectivity index (χ4v) is 4.54. The third-order valence-electron chi connectivity index (χ3n) is 6.32. The largest absolute Gasteiger partial charge is 0.497 e. The third-order valence-corrected chi connectivity index (χ3v) is 6.32. The highest BCUT2D eigenvalue weighted by atomic mass is 16.5. The highest BCUT2D eigenvalue weighted by Gasteiger charge is 2.22. The molecule has 0 amide bonds. The summed E-state index contributed by atoms with van der Waals surface area (Å²) in [7, 11) is 11.3. The Morgan fingerprint density at radius 1 is 0.556 bits per heavy atom. The second-order valence-corrected chi connectivity index (χ2v) is 9.02. The van der Waals surface area contributed by atoms with E-state index in [0.717, 1.165) is 55.9 Å². The monoisotopic (exact) mass is 480 g/mol. The number of nitrogens with zero attached hydrogens (tertiary/aromatic N) is 2. The van der Waals surface area contributed by atoms with Crippen molar-refractivity contribution >= 4 is 33.6 Å². The van der Waals surface area contributed by atoms with Crippen LogP contribution in [0.25, 0.3) is 10.8 Å². The molecule has 0 unspecified atom stereocenters.